The van der Waals surface area contributed by atoms with Crippen molar-refractivity contribution in [3.8, 4) is 6.07 Å². The SMILES string of the molecule is CCc1nc2cnc3ccsc3c2n1[C@H]1CC[C@H](CC#N)[C@H](OC)C1.O=C(O)C(F)(F)F. The van der Waals surface area contributed by atoms with Gasteiger partial charge in [0.05, 0.1) is 34.1 Å². The molecule has 3 aromatic rings. The highest BCUT2D eigenvalue weighted by Gasteiger charge is 2.38. The average molecular weight is 469 g/mol. The minimum Gasteiger partial charge on any atom is -0.475 e. The van der Waals surface area contributed by atoms with E-state index in [1.807, 2.05) is 6.20 Å². The first-order valence-corrected chi connectivity index (χ1v) is 11.0. The molecule has 32 heavy (non-hydrogen) atoms. The first-order valence-electron chi connectivity index (χ1n) is 10.1. The maximum Gasteiger partial charge on any atom is 0.490 e. The highest BCUT2D eigenvalue weighted by atomic mass is 32.1. The second-order valence-electron chi connectivity index (χ2n) is 7.54. The fourth-order valence-corrected chi connectivity index (χ4v) is 5.10. The zero-order chi connectivity index (χ0) is 23.5. The molecule has 1 aliphatic carbocycles. The third kappa shape index (κ3) is 4.86. The fourth-order valence-electron chi connectivity index (χ4n) is 4.21. The van der Waals surface area contributed by atoms with Crippen LogP contribution in [0.3, 0.4) is 0 Å². The summed E-state index contributed by atoms with van der Waals surface area (Å²) in [6, 6.07) is 4.76. The molecule has 1 aliphatic rings. The number of hydrogen-bond acceptors (Lipinski definition) is 6. The van der Waals surface area contributed by atoms with Crippen molar-refractivity contribution in [2.24, 2.45) is 5.92 Å². The molecule has 0 unspecified atom stereocenters. The molecule has 0 bridgehead atoms. The third-order valence-electron chi connectivity index (χ3n) is 5.68. The monoisotopic (exact) mass is 468 g/mol. The molecular formula is C21H23F3N4O3S. The maximum atomic E-state index is 10.6. The van der Waals surface area contributed by atoms with Crippen LogP contribution in [-0.2, 0) is 16.0 Å². The molecule has 1 N–H and O–H groups in total. The molecule has 3 atom stereocenters. The number of aryl methyl sites for hydroxylation is 1. The molecule has 172 valence electrons. The Morgan fingerprint density at radius 3 is 2.72 bits per heavy atom. The van der Waals surface area contributed by atoms with E-state index in [1.165, 1.54) is 10.2 Å². The Morgan fingerprint density at radius 1 is 1.41 bits per heavy atom. The lowest BCUT2D eigenvalue weighted by molar-refractivity contribution is -0.192. The lowest BCUT2D eigenvalue weighted by Gasteiger charge is -2.35. The highest BCUT2D eigenvalue weighted by molar-refractivity contribution is 7.18. The molecule has 0 amide bonds. The summed E-state index contributed by atoms with van der Waals surface area (Å²) < 4.78 is 41.1. The quantitative estimate of drug-likeness (QED) is 0.571. The van der Waals surface area contributed by atoms with E-state index in [1.54, 1.807) is 18.4 Å². The number of carboxylic acid groups (broad SMARTS) is 1. The van der Waals surface area contributed by atoms with E-state index in [2.05, 4.69) is 34.0 Å². The minimum absolute atomic E-state index is 0.140. The molecule has 11 heteroatoms. The van der Waals surface area contributed by atoms with Crippen LogP contribution in [0.1, 0.15) is 44.5 Å². The molecule has 1 fully saturated rings. The van der Waals surface area contributed by atoms with E-state index in [4.69, 9.17) is 24.9 Å². The Hall–Kier alpha value is -2.71. The number of rotatable bonds is 4. The number of carbonyl (C=O) groups is 1. The number of pyridine rings is 1. The lowest BCUT2D eigenvalue weighted by atomic mass is 9.81. The number of fused-ring (bicyclic) bond motifs is 3. The number of nitriles is 1. The van der Waals surface area contributed by atoms with Crippen LogP contribution in [0, 0.1) is 17.2 Å². The van der Waals surface area contributed by atoms with E-state index in [9.17, 15) is 13.2 Å². The van der Waals surface area contributed by atoms with Crippen molar-refractivity contribution < 1.29 is 27.8 Å². The predicted molar refractivity (Wildman–Crippen MR) is 113 cm³/mol. The Kier molecular flexibility index (Phi) is 7.36. The van der Waals surface area contributed by atoms with E-state index in [0.717, 1.165) is 42.5 Å². The summed E-state index contributed by atoms with van der Waals surface area (Å²) in [6.07, 6.45) is 1.47. The van der Waals surface area contributed by atoms with Crippen molar-refractivity contribution in [1.29, 1.82) is 5.26 Å². The largest absolute Gasteiger partial charge is 0.490 e. The topological polar surface area (TPSA) is 101 Å². The van der Waals surface area contributed by atoms with Crippen molar-refractivity contribution in [2.45, 2.75) is 57.3 Å². The van der Waals surface area contributed by atoms with E-state index in [0.29, 0.717) is 18.4 Å². The summed E-state index contributed by atoms with van der Waals surface area (Å²) in [7, 11) is 1.77. The zero-order valence-corrected chi connectivity index (χ0v) is 18.4. The lowest BCUT2D eigenvalue weighted by Crippen LogP contribution is -2.32. The first kappa shape index (κ1) is 23.9. The second kappa shape index (κ2) is 9.83. The normalized spacial score (nSPS) is 21.2. The van der Waals surface area contributed by atoms with Crippen LogP contribution < -0.4 is 0 Å². The first-order chi connectivity index (χ1) is 15.2. The van der Waals surface area contributed by atoms with Gasteiger partial charge in [0.1, 0.15) is 11.3 Å². The number of aromatic nitrogens is 3. The number of carboxylic acids is 1. The van der Waals surface area contributed by atoms with Gasteiger partial charge in [-0.1, -0.05) is 6.92 Å². The Bertz CT molecular complexity index is 1140. The number of nitrogens with zero attached hydrogens (tertiary/aromatic N) is 4. The predicted octanol–water partition coefficient (Wildman–Crippen LogP) is 5.11. The Labute approximate surface area is 186 Å². The molecule has 0 saturated heterocycles. The van der Waals surface area contributed by atoms with Crippen LogP contribution in [0.15, 0.2) is 17.6 Å². The second-order valence-corrected chi connectivity index (χ2v) is 8.46. The van der Waals surface area contributed by atoms with Crippen LogP contribution in [0.5, 0.6) is 0 Å². The Morgan fingerprint density at radius 2 is 2.12 bits per heavy atom. The number of hydrogen-bond donors (Lipinski definition) is 1. The highest BCUT2D eigenvalue weighted by Crippen LogP contribution is 2.40. The van der Waals surface area contributed by atoms with Crippen molar-refractivity contribution >= 4 is 38.6 Å². The number of aliphatic carboxylic acids is 1. The van der Waals surface area contributed by atoms with Crippen LogP contribution in [-0.4, -0.2) is 45.0 Å². The number of halogens is 3. The summed E-state index contributed by atoms with van der Waals surface area (Å²) in [5, 5.41) is 18.3. The van der Waals surface area contributed by atoms with Crippen LogP contribution in [0.25, 0.3) is 21.3 Å². The van der Waals surface area contributed by atoms with E-state index in [-0.39, 0.29) is 6.10 Å². The number of imidazole rings is 1. The van der Waals surface area contributed by atoms with Gasteiger partial charge in [0, 0.05) is 26.0 Å². The molecule has 4 rings (SSSR count). The standard InChI is InChI=1S/C19H22N4OS.C2HF3O2/c1-3-17-22-15-11-21-14-7-9-25-19(14)18(15)23(17)13-5-4-12(6-8-20)16(10-13)24-2;3-2(4,5)1(6)7/h7,9,11-13,16H,3-6,10H2,1-2H3;(H,6,7)/t12-,13+,16-;/m1./s1. The number of thiophene rings is 1. The van der Waals surface area contributed by atoms with Crippen molar-refractivity contribution in [1.82, 2.24) is 14.5 Å². The average Bonchev–Trinajstić information content (AvgIpc) is 3.37. The number of methoxy groups -OCH3 is 1. The van der Waals surface area contributed by atoms with Crippen molar-refractivity contribution in [2.75, 3.05) is 7.11 Å². The molecular weight excluding hydrogens is 445 g/mol. The van der Waals surface area contributed by atoms with Crippen LogP contribution >= 0.6 is 11.3 Å². The van der Waals surface area contributed by atoms with Gasteiger partial charge in [-0.05, 0) is 36.6 Å². The smallest absolute Gasteiger partial charge is 0.475 e. The maximum absolute atomic E-state index is 10.6. The van der Waals surface area contributed by atoms with Gasteiger partial charge in [0.25, 0.3) is 0 Å². The summed E-state index contributed by atoms with van der Waals surface area (Å²) >= 11 is 1.74. The molecule has 7 nitrogen and oxygen atoms in total. The summed E-state index contributed by atoms with van der Waals surface area (Å²) in [5.41, 5.74) is 3.25. The van der Waals surface area contributed by atoms with Gasteiger partial charge in [-0.15, -0.1) is 11.3 Å². The molecule has 0 spiro atoms. The van der Waals surface area contributed by atoms with Crippen LogP contribution in [0.2, 0.25) is 0 Å². The summed E-state index contributed by atoms with van der Waals surface area (Å²) in [6.45, 7) is 2.16. The van der Waals surface area contributed by atoms with E-state index < -0.39 is 12.1 Å². The summed E-state index contributed by atoms with van der Waals surface area (Å²) in [4.78, 5) is 18.3. The van der Waals surface area contributed by atoms with Gasteiger partial charge >= 0.3 is 12.1 Å². The molecule has 3 heterocycles. The van der Waals surface area contributed by atoms with Gasteiger partial charge in [-0.3, -0.25) is 4.98 Å². The number of alkyl halides is 3. The molecule has 0 radical (unpaired) electrons. The fraction of sp³-hybridized carbons (Fsp3) is 0.524. The summed E-state index contributed by atoms with van der Waals surface area (Å²) in [5.74, 6) is -1.29. The van der Waals surface area contributed by atoms with Gasteiger partial charge in [0.15, 0.2) is 0 Å². The van der Waals surface area contributed by atoms with Gasteiger partial charge in [-0.25, -0.2) is 9.78 Å². The molecule has 0 aliphatic heterocycles. The van der Waals surface area contributed by atoms with Gasteiger partial charge < -0.3 is 14.4 Å². The van der Waals surface area contributed by atoms with Crippen molar-refractivity contribution in [3.63, 3.8) is 0 Å². The van der Waals surface area contributed by atoms with E-state index >= 15 is 0 Å². The third-order valence-corrected chi connectivity index (χ3v) is 6.59. The zero-order valence-electron chi connectivity index (χ0n) is 17.6. The van der Waals surface area contributed by atoms with Gasteiger partial charge in [-0.2, -0.15) is 18.4 Å². The molecule has 3 aromatic heterocycles. The Balaban J connectivity index is 0.000000360. The number of ether oxygens (including phenoxy) is 1. The van der Waals surface area contributed by atoms with Crippen LogP contribution in [0.4, 0.5) is 13.2 Å². The van der Waals surface area contributed by atoms with Gasteiger partial charge in [0.2, 0.25) is 0 Å². The van der Waals surface area contributed by atoms with Crippen molar-refractivity contribution in [3.05, 3.63) is 23.5 Å². The molecule has 1 saturated carbocycles. The minimum atomic E-state index is -5.08. The molecule has 0 aromatic carbocycles.